The van der Waals surface area contributed by atoms with Crippen molar-refractivity contribution in [3.05, 3.63) is 33.8 Å². The molecule has 4 aliphatic rings. The quantitative estimate of drug-likeness (QED) is 0.690. The first-order chi connectivity index (χ1) is 14.1. The molecule has 1 aliphatic carbocycles. The van der Waals surface area contributed by atoms with Crippen LogP contribution >= 0.6 is 15.9 Å². The molecule has 5 rings (SSSR count). The average molecular weight is 465 g/mol. The number of aliphatic hydroxyl groups is 1. The summed E-state index contributed by atoms with van der Waals surface area (Å²) >= 11 is 3.82. The van der Waals surface area contributed by atoms with Crippen LogP contribution in [-0.2, 0) is 16.7 Å². The molecule has 29 heavy (non-hydrogen) atoms. The van der Waals surface area contributed by atoms with Crippen molar-refractivity contribution < 1.29 is 19.3 Å². The van der Waals surface area contributed by atoms with Crippen LogP contribution < -0.4 is 9.47 Å². The predicted molar refractivity (Wildman–Crippen MR) is 114 cm³/mol. The Morgan fingerprint density at radius 1 is 1.24 bits per heavy atom. The van der Waals surface area contributed by atoms with Crippen molar-refractivity contribution in [2.24, 2.45) is 0 Å². The lowest BCUT2D eigenvalue weighted by atomic mass is 9.69. The number of benzene rings is 1. The van der Waals surface area contributed by atoms with E-state index in [1.807, 2.05) is 12.1 Å². The summed E-state index contributed by atoms with van der Waals surface area (Å²) in [6.45, 7) is 7.74. The van der Waals surface area contributed by atoms with E-state index in [-0.39, 0.29) is 11.5 Å². The van der Waals surface area contributed by atoms with Crippen molar-refractivity contribution in [1.82, 2.24) is 9.80 Å². The zero-order valence-electron chi connectivity index (χ0n) is 16.9. The van der Waals surface area contributed by atoms with Crippen LogP contribution in [0, 0.1) is 0 Å². The highest BCUT2D eigenvalue weighted by Gasteiger charge is 2.53. The van der Waals surface area contributed by atoms with Crippen molar-refractivity contribution in [2.45, 2.75) is 37.0 Å². The molecule has 1 aromatic carbocycles. The Morgan fingerprint density at radius 2 is 2.03 bits per heavy atom. The lowest BCUT2D eigenvalue weighted by Gasteiger charge is -2.36. The van der Waals surface area contributed by atoms with Gasteiger partial charge in [-0.15, -0.1) is 0 Å². The third-order valence-corrected chi connectivity index (χ3v) is 7.66. The number of hydrogen-bond donors (Lipinski definition) is 1. The van der Waals surface area contributed by atoms with E-state index in [9.17, 15) is 5.11 Å². The summed E-state index contributed by atoms with van der Waals surface area (Å²) < 4.78 is 18.6. The van der Waals surface area contributed by atoms with Gasteiger partial charge in [0.15, 0.2) is 11.5 Å². The first-order valence-electron chi connectivity index (χ1n) is 10.6. The second-order valence-corrected chi connectivity index (χ2v) is 9.39. The van der Waals surface area contributed by atoms with Crippen molar-refractivity contribution in [3.8, 4) is 11.5 Å². The van der Waals surface area contributed by atoms with E-state index in [0.29, 0.717) is 6.42 Å². The summed E-state index contributed by atoms with van der Waals surface area (Å²) in [5.74, 6) is 1.64. The summed E-state index contributed by atoms with van der Waals surface area (Å²) in [4.78, 5) is 5.06. The normalized spacial score (nSPS) is 31.7. The Balaban J connectivity index is 1.48. The van der Waals surface area contributed by atoms with Gasteiger partial charge in [-0.3, -0.25) is 9.80 Å². The summed E-state index contributed by atoms with van der Waals surface area (Å²) in [6.07, 6.45) is 5.29. The van der Waals surface area contributed by atoms with E-state index in [1.54, 1.807) is 7.11 Å². The Labute approximate surface area is 180 Å². The lowest BCUT2D eigenvalue weighted by molar-refractivity contribution is 0.0322. The fourth-order valence-electron chi connectivity index (χ4n) is 5.31. The first-order valence-corrected chi connectivity index (χ1v) is 11.4. The van der Waals surface area contributed by atoms with E-state index in [0.717, 1.165) is 74.9 Å². The maximum absolute atomic E-state index is 10.2. The van der Waals surface area contributed by atoms with E-state index in [2.05, 4.69) is 31.8 Å². The van der Waals surface area contributed by atoms with Gasteiger partial charge in [0.05, 0.1) is 31.8 Å². The molecular formula is C22H29BrN2O4. The third kappa shape index (κ3) is 3.41. The fourth-order valence-corrected chi connectivity index (χ4v) is 5.85. The highest BCUT2D eigenvalue weighted by molar-refractivity contribution is 9.10. The van der Waals surface area contributed by atoms with E-state index in [4.69, 9.17) is 14.2 Å². The molecule has 1 fully saturated rings. The maximum Gasteiger partial charge on any atom is 0.166 e. The van der Waals surface area contributed by atoms with Crippen LogP contribution in [0.4, 0.5) is 0 Å². The van der Waals surface area contributed by atoms with E-state index >= 15 is 0 Å². The second kappa shape index (κ2) is 7.85. The number of rotatable bonds is 4. The largest absolute Gasteiger partial charge is 0.493 e. The van der Waals surface area contributed by atoms with Gasteiger partial charge in [-0.2, -0.15) is 0 Å². The van der Waals surface area contributed by atoms with Gasteiger partial charge < -0.3 is 19.3 Å². The molecule has 0 amide bonds. The van der Waals surface area contributed by atoms with Crippen LogP contribution in [0.5, 0.6) is 11.5 Å². The molecule has 1 aromatic rings. The Morgan fingerprint density at radius 3 is 2.83 bits per heavy atom. The summed E-state index contributed by atoms with van der Waals surface area (Å²) in [6, 6.07) is 2.03. The Hall–Kier alpha value is -1.12. The summed E-state index contributed by atoms with van der Waals surface area (Å²) in [5, 5.41) is 10.2. The summed E-state index contributed by atoms with van der Waals surface area (Å²) in [7, 11) is 1.69. The molecule has 1 spiro atoms. The highest BCUT2D eigenvalue weighted by atomic mass is 79.9. The third-order valence-electron chi connectivity index (χ3n) is 6.95. The predicted octanol–water partition coefficient (Wildman–Crippen LogP) is 2.32. The van der Waals surface area contributed by atoms with Crippen molar-refractivity contribution >= 4 is 15.9 Å². The van der Waals surface area contributed by atoms with Gasteiger partial charge in [0, 0.05) is 49.2 Å². The summed E-state index contributed by atoms with van der Waals surface area (Å²) in [5.41, 5.74) is 2.36. The molecule has 0 saturated carbocycles. The van der Waals surface area contributed by atoms with Crippen LogP contribution in [-0.4, -0.2) is 80.2 Å². The van der Waals surface area contributed by atoms with Crippen molar-refractivity contribution in [3.63, 3.8) is 0 Å². The molecule has 158 valence electrons. The van der Waals surface area contributed by atoms with Crippen LogP contribution in [0.25, 0.3) is 0 Å². The first kappa shape index (κ1) is 19.8. The number of methoxy groups -OCH3 is 1. The van der Waals surface area contributed by atoms with Gasteiger partial charge >= 0.3 is 0 Å². The van der Waals surface area contributed by atoms with Crippen molar-refractivity contribution in [2.75, 3.05) is 53.0 Å². The molecule has 3 aliphatic heterocycles. The van der Waals surface area contributed by atoms with Gasteiger partial charge in [-0.05, 0) is 24.6 Å². The molecule has 0 radical (unpaired) electrons. The maximum atomic E-state index is 10.2. The topological polar surface area (TPSA) is 54.4 Å². The standard InChI is InChI=1S/C22H29BrN2O4/c1-27-18-13-17(23)16-14-25(7-6-24-8-10-28-11-9-24)5-4-22-3-2-15(26)12-19(22)29-21(18)20(16)22/h2-3,13,15,19,26H,4-12,14H2,1H3/t15-,19+,22?/m0/s1. The van der Waals surface area contributed by atoms with Crippen LogP contribution in [0.2, 0.25) is 0 Å². The van der Waals surface area contributed by atoms with Crippen LogP contribution in [0.1, 0.15) is 24.0 Å². The number of nitrogens with zero attached hydrogens (tertiary/aromatic N) is 2. The van der Waals surface area contributed by atoms with Gasteiger partial charge in [0.2, 0.25) is 0 Å². The van der Waals surface area contributed by atoms with Crippen LogP contribution in [0.15, 0.2) is 22.7 Å². The van der Waals surface area contributed by atoms with Gasteiger partial charge in [-0.1, -0.05) is 28.1 Å². The van der Waals surface area contributed by atoms with Crippen molar-refractivity contribution in [1.29, 1.82) is 0 Å². The van der Waals surface area contributed by atoms with Gasteiger partial charge in [0.25, 0.3) is 0 Å². The smallest absolute Gasteiger partial charge is 0.166 e. The molecule has 1 saturated heterocycles. The van der Waals surface area contributed by atoms with Gasteiger partial charge in [0.1, 0.15) is 6.10 Å². The number of hydrogen-bond acceptors (Lipinski definition) is 6. The molecule has 1 unspecified atom stereocenters. The second-order valence-electron chi connectivity index (χ2n) is 8.53. The average Bonchev–Trinajstić information content (AvgIpc) is 2.96. The van der Waals surface area contributed by atoms with E-state index < -0.39 is 6.10 Å². The molecule has 0 bridgehead atoms. The Kier molecular flexibility index (Phi) is 5.37. The minimum atomic E-state index is -0.446. The highest BCUT2D eigenvalue weighted by Crippen LogP contribution is 2.57. The van der Waals surface area contributed by atoms with Gasteiger partial charge in [-0.25, -0.2) is 0 Å². The SMILES string of the molecule is COc1cc(Br)c2c3c1O[C@@H]1C[C@@H](O)C=CC31CCN(CCN1CCOCC1)C2. The number of morpholine rings is 1. The zero-order valence-corrected chi connectivity index (χ0v) is 18.5. The zero-order chi connectivity index (χ0) is 20.0. The molecule has 3 heterocycles. The lowest BCUT2D eigenvalue weighted by Crippen LogP contribution is -2.44. The monoisotopic (exact) mass is 464 g/mol. The fraction of sp³-hybridized carbons (Fsp3) is 0.636. The molecular weight excluding hydrogens is 436 g/mol. The molecule has 1 N–H and O–H groups in total. The Bertz CT molecular complexity index is 810. The minimum absolute atomic E-state index is 0.0429. The molecule has 3 atom stereocenters. The molecule has 0 aromatic heterocycles. The minimum Gasteiger partial charge on any atom is -0.493 e. The number of ether oxygens (including phenoxy) is 3. The molecule has 7 heteroatoms. The van der Waals surface area contributed by atoms with Crippen LogP contribution in [0.3, 0.4) is 0 Å². The van der Waals surface area contributed by atoms with E-state index in [1.165, 1.54) is 11.1 Å². The number of aliphatic hydroxyl groups excluding tert-OH is 1. The number of halogens is 1. The molecule has 6 nitrogen and oxygen atoms in total.